The largest absolute Gasteiger partial charge is 0.452 e. The summed E-state index contributed by atoms with van der Waals surface area (Å²) in [5, 5.41) is 11.1. The Labute approximate surface area is 106 Å². The van der Waals surface area contributed by atoms with Crippen LogP contribution in [0, 0.1) is 0 Å². The first kappa shape index (κ1) is 14.0. The zero-order valence-electron chi connectivity index (χ0n) is 7.81. The first-order valence-corrected chi connectivity index (χ1v) is 5.78. The van der Waals surface area contributed by atoms with E-state index in [0.717, 1.165) is 0 Å². The highest BCUT2D eigenvalue weighted by atomic mass is 79.9. The third-order valence-electron chi connectivity index (χ3n) is 1.71. The summed E-state index contributed by atoms with van der Waals surface area (Å²) in [5.41, 5.74) is 0. The Hall–Kier alpha value is -0.0500. The number of alkyl halides is 3. The van der Waals surface area contributed by atoms with Crippen LogP contribution in [0.1, 0.15) is 5.76 Å². The molecule has 0 amide bonds. The molecule has 0 spiro atoms. The molecular formula is C8H8Br2F3NO2. The van der Waals surface area contributed by atoms with Crippen molar-refractivity contribution in [2.75, 3.05) is 6.54 Å². The van der Waals surface area contributed by atoms with Crippen molar-refractivity contribution in [1.82, 2.24) is 5.32 Å². The van der Waals surface area contributed by atoms with Crippen LogP contribution in [-0.4, -0.2) is 23.9 Å². The van der Waals surface area contributed by atoms with Gasteiger partial charge in [-0.3, -0.25) is 0 Å². The second kappa shape index (κ2) is 5.52. The zero-order valence-corrected chi connectivity index (χ0v) is 11.0. The Kier molecular flexibility index (Phi) is 4.84. The van der Waals surface area contributed by atoms with Crippen LogP contribution >= 0.6 is 31.9 Å². The number of rotatable bonds is 4. The Bertz CT molecular complexity index is 334. The van der Waals surface area contributed by atoms with Gasteiger partial charge in [-0.25, -0.2) is 0 Å². The molecule has 0 aromatic carbocycles. The second-order valence-electron chi connectivity index (χ2n) is 3.02. The monoisotopic (exact) mass is 365 g/mol. The van der Waals surface area contributed by atoms with Crippen LogP contribution in [0.5, 0.6) is 0 Å². The summed E-state index contributed by atoms with van der Waals surface area (Å²) < 4.78 is 42.0. The number of aliphatic hydroxyl groups excluding tert-OH is 1. The van der Waals surface area contributed by atoms with Crippen LogP contribution in [0.3, 0.4) is 0 Å². The van der Waals surface area contributed by atoms with E-state index in [-0.39, 0.29) is 6.54 Å². The summed E-state index contributed by atoms with van der Waals surface area (Å²) >= 11 is 6.27. The normalized spacial score (nSPS) is 14.1. The number of furan rings is 1. The quantitative estimate of drug-likeness (QED) is 0.861. The van der Waals surface area contributed by atoms with E-state index in [1.165, 1.54) is 0 Å². The van der Waals surface area contributed by atoms with Crippen molar-refractivity contribution >= 4 is 31.9 Å². The lowest BCUT2D eigenvalue weighted by molar-refractivity contribution is -0.201. The number of hydrogen-bond acceptors (Lipinski definition) is 3. The molecule has 0 aliphatic rings. The van der Waals surface area contributed by atoms with Gasteiger partial charge in [-0.1, -0.05) is 0 Å². The third kappa shape index (κ3) is 4.08. The van der Waals surface area contributed by atoms with Crippen LogP contribution in [0.15, 0.2) is 19.6 Å². The Balaban J connectivity index is 2.36. The molecule has 1 aromatic rings. The van der Waals surface area contributed by atoms with Gasteiger partial charge in [0.15, 0.2) is 10.8 Å². The van der Waals surface area contributed by atoms with Crippen LogP contribution in [-0.2, 0) is 6.54 Å². The minimum absolute atomic E-state index is 0.108. The van der Waals surface area contributed by atoms with Gasteiger partial charge < -0.3 is 14.8 Å². The molecule has 1 rings (SSSR count). The molecular weight excluding hydrogens is 359 g/mol. The van der Waals surface area contributed by atoms with E-state index in [1.54, 1.807) is 6.07 Å². The molecule has 16 heavy (non-hydrogen) atoms. The van der Waals surface area contributed by atoms with Crippen LogP contribution in [0.4, 0.5) is 13.2 Å². The Morgan fingerprint density at radius 3 is 2.50 bits per heavy atom. The highest BCUT2D eigenvalue weighted by molar-refractivity contribution is 9.13. The molecule has 0 radical (unpaired) electrons. The SMILES string of the molecule is OC(CNCc1cc(Br)c(Br)o1)C(F)(F)F. The third-order valence-corrected chi connectivity index (χ3v) is 3.42. The molecule has 3 nitrogen and oxygen atoms in total. The van der Waals surface area contributed by atoms with Gasteiger partial charge in [-0.15, -0.1) is 0 Å². The van der Waals surface area contributed by atoms with E-state index < -0.39 is 18.8 Å². The van der Waals surface area contributed by atoms with Crippen molar-refractivity contribution in [3.63, 3.8) is 0 Å². The van der Waals surface area contributed by atoms with Crippen molar-refractivity contribution in [3.05, 3.63) is 21.0 Å². The van der Waals surface area contributed by atoms with E-state index in [9.17, 15) is 13.2 Å². The highest BCUT2D eigenvalue weighted by Gasteiger charge is 2.37. The lowest BCUT2D eigenvalue weighted by Gasteiger charge is -2.14. The maximum Gasteiger partial charge on any atom is 0.415 e. The van der Waals surface area contributed by atoms with E-state index in [2.05, 4.69) is 37.2 Å². The molecule has 92 valence electrons. The highest BCUT2D eigenvalue weighted by Crippen LogP contribution is 2.26. The fraction of sp³-hybridized carbons (Fsp3) is 0.500. The Morgan fingerprint density at radius 2 is 2.06 bits per heavy atom. The molecule has 1 aromatic heterocycles. The van der Waals surface area contributed by atoms with Crippen LogP contribution in [0.25, 0.3) is 0 Å². The molecule has 0 aliphatic heterocycles. The summed E-state index contributed by atoms with van der Waals surface area (Å²) in [6.45, 7) is -0.462. The second-order valence-corrected chi connectivity index (χ2v) is 4.60. The molecule has 0 fully saturated rings. The lowest BCUT2D eigenvalue weighted by atomic mass is 10.3. The average Bonchev–Trinajstić information content (AvgIpc) is 2.44. The van der Waals surface area contributed by atoms with Crippen molar-refractivity contribution in [3.8, 4) is 0 Å². The van der Waals surface area contributed by atoms with Gasteiger partial charge in [0.2, 0.25) is 0 Å². The van der Waals surface area contributed by atoms with Gasteiger partial charge in [0, 0.05) is 6.54 Å². The van der Waals surface area contributed by atoms with Crippen molar-refractivity contribution < 1.29 is 22.7 Å². The van der Waals surface area contributed by atoms with Crippen molar-refractivity contribution in [2.45, 2.75) is 18.8 Å². The molecule has 1 heterocycles. The number of aliphatic hydroxyl groups is 1. The average molecular weight is 367 g/mol. The fourth-order valence-corrected chi connectivity index (χ4v) is 1.58. The Morgan fingerprint density at radius 1 is 1.44 bits per heavy atom. The van der Waals surface area contributed by atoms with Gasteiger partial charge in [-0.05, 0) is 37.9 Å². The molecule has 2 N–H and O–H groups in total. The molecule has 0 saturated heterocycles. The summed E-state index contributed by atoms with van der Waals surface area (Å²) in [7, 11) is 0. The molecule has 8 heteroatoms. The van der Waals surface area contributed by atoms with Gasteiger partial charge in [0.1, 0.15) is 5.76 Å². The first-order chi connectivity index (χ1) is 7.30. The van der Waals surface area contributed by atoms with E-state index in [1.807, 2.05) is 0 Å². The molecule has 0 bridgehead atoms. The summed E-state index contributed by atoms with van der Waals surface area (Å²) in [6.07, 6.45) is -6.97. The van der Waals surface area contributed by atoms with Crippen LogP contribution in [0.2, 0.25) is 0 Å². The molecule has 0 aliphatic carbocycles. The molecule has 1 unspecified atom stereocenters. The minimum atomic E-state index is -4.60. The maximum atomic E-state index is 11.9. The van der Waals surface area contributed by atoms with Gasteiger partial charge in [0.25, 0.3) is 0 Å². The first-order valence-electron chi connectivity index (χ1n) is 4.20. The zero-order chi connectivity index (χ0) is 12.3. The van der Waals surface area contributed by atoms with E-state index in [0.29, 0.717) is 14.9 Å². The maximum absolute atomic E-state index is 11.9. The summed E-state index contributed by atoms with van der Waals surface area (Å²) in [4.78, 5) is 0. The van der Waals surface area contributed by atoms with Gasteiger partial charge >= 0.3 is 6.18 Å². The number of halogens is 5. The summed E-state index contributed by atoms with van der Waals surface area (Å²) in [5.74, 6) is 0.466. The van der Waals surface area contributed by atoms with E-state index in [4.69, 9.17) is 9.52 Å². The van der Waals surface area contributed by atoms with Crippen LogP contribution < -0.4 is 5.32 Å². The predicted molar refractivity (Wildman–Crippen MR) is 57.9 cm³/mol. The molecule has 1 atom stereocenters. The molecule has 0 saturated carbocycles. The smallest absolute Gasteiger partial charge is 0.415 e. The number of nitrogens with one attached hydrogen (secondary N) is 1. The van der Waals surface area contributed by atoms with E-state index >= 15 is 0 Å². The lowest BCUT2D eigenvalue weighted by Crippen LogP contribution is -2.38. The summed E-state index contributed by atoms with van der Waals surface area (Å²) in [6, 6.07) is 1.62. The van der Waals surface area contributed by atoms with Gasteiger partial charge in [0.05, 0.1) is 11.0 Å². The standard InChI is InChI=1S/C8H8Br2F3NO2/c9-5-1-4(16-7(5)10)2-14-3-6(15)8(11,12)13/h1,6,14-15H,2-3H2. The number of hydrogen-bond donors (Lipinski definition) is 2. The van der Waals surface area contributed by atoms with Crippen molar-refractivity contribution in [2.24, 2.45) is 0 Å². The minimum Gasteiger partial charge on any atom is -0.452 e. The predicted octanol–water partition coefficient (Wildman–Crippen LogP) is 2.82. The van der Waals surface area contributed by atoms with Gasteiger partial charge in [-0.2, -0.15) is 13.2 Å². The fourth-order valence-electron chi connectivity index (χ4n) is 0.926. The topological polar surface area (TPSA) is 45.4 Å². The van der Waals surface area contributed by atoms with Crippen molar-refractivity contribution in [1.29, 1.82) is 0 Å².